The van der Waals surface area contributed by atoms with E-state index in [1.807, 2.05) is 6.08 Å². The van der Waals surface area contributed by atoms with Gasteiger partial charge in [-0.05, 0) is 19.3 Å². The first-order valence-electron chi connectivity index (χ1n) is 18.4. The van der Waals surface area contributed by atoms with Crippen molar-refractivity contribution in [3.63, 3.8) is 0 Å². The molecule has 0 bridgehead atoms. The molecule has 6 N–H and O–H groups in total. The molecule has 1 fully saturated rings. The third kappa shape index (κ3) is 20.0. The summed E-state index contributed by atoms with van der Waals surface area (Å²) in [6, 6.07) is -0.794. The zero-order chi connectivity index (χ0) is 33.1. The van der Waals surface area contributed by atoms with E-state index in [0.717, 1.165) is 38.5 Å². The molecule has 1 aliphatic rings. The number of hydrogen-bond acceptors (Lipinski definition) is 8. The number of amides is 1. The second kappa shape index (κ2) is 28.0. The monoisotopic (exact) mass is 644 g/mol. The van der Waals surface area contributed by atoms with Crippen molar-refractivity contribution in [3.8, 4) is 0 Å². The number of hydrogen-bond donors (Lipinski definition) is 6. The van der Waals surface area contributed by atoms with Gasteiger partial charge in [-0.3, -0.25) is 4.79 Å². The van der Waals surface area contributed by atoms with Gasteiger partial charge in [-0.15, -0.1) is 0 Å². The van der Waals surface area contributed by atoms with Crippen molar-refractivity contribution in [2.45, 2.75) is 198 Å². The maximum absolute atomic E-state index is 12.8. The van der Waals surface area contributed by atoms with Crippen LogP contribution in [-0.2, 0) is 14.3 Å². The molecule has 266 valence electrons. The quantitative estimate of drug-likeness (QED) is 0.0441. The van der Waals surface area contributed by atoms with Gasteiger partial charge in [0, 0.05) is 6.42 Å². The smallest absolute Gasteiger partial charge is 0.220 e. The average Bonchev–Trinajstić information content (AvgIpc) is 3.04. The predicted molar refractivity (Wildman–Crippen MR) is 180 cm³/mol. The summed E-state index contributed by atoms with van der Waals surface area (Å²) in [5.74, 6) is -0.181. The van der Waals surface area contributed by atoms with Gasteiger partial charge in [0.1, 0.15) is 24.4 Å². The minimum atomic E-state index is -1.56. The number of nitrogens with one attached hydrogen (secondary N) is 1. The maximum Gasteiger partial charge on any atom is 0.220 e. The molecule has 0 spiro atoms. The van der Waals surface area contributed by atoms with E-state index in [1.165, 1.54) is 96.3 Å². The molecular formula is C36H69NO8. The van der Waals surface area contributed by atoms with E-state index in [9.17, 15) is 30.3 Å². The Balaban J connectivity index is 2.49. The van der Waals surface area contributed by atoms with Gasteiger partial charge in [-0.25, -0.2) is 0 Å². The standard InChI is InChI=1S/C36H69NO8/c1-3-5-7-9-11-13-15-16-17-19-21-23-25-30(39)29(28-44-36-35(43)34(42)33(41)31(27-38)45-36)37-32(40)26-24-22-20-18-14-12-10-8-6-4-2/h23,25,29-31,33-36,38-39,41-43H,3-22,24,26-28H2,1-2H3,(H,37,40)/b25-23+/t29-,30+,31+,33+,34?,35?,36+/m0/s1. The zero-order valence-electron chi connectivity index (χ0n) is 28.6. The van der Waals surface area contributed by atoms with Crippen LogP contribution in [0.3, 0.4) is 0 Å². The lowest BCUT2D eigenvalue weighted by Gasteiger charge is -2.40. The van der Waals surface area contributed by atoms with Crippen LogP contribution in [0.25, 0.3) is 0 Å². The van der Waals surface area contributed by atoms with E-state index >= 15 is 0 Å². The Morgan fingerprint density at radius 2 is 1.22 bits per heavy atom. The zero-order valence-corrected chi connectivity index (χ0v) is 28.6. The molecule has 1 heterocycles. The van der Waals surface area contributed by atoms with Crippen LogP contribution in [0.2, 0.25) is 0 Å². The Morgan fingerprint density at radius 3 is 1.73 bits per heavy atom. The average molecular weight is 644 g/mol. The van der Waals surface area contributed by atoms with Gasteiger partial charge in [-0.1, -0.05) is 142 Å². The van der Waals surface area contributed by atoms with E-state index in [-0.39, 0.29) is 12.5 Å². The molecule has 1 rings (SSSR count). The largest absolute Gasteiger partial charge is 0.394 e. The van der Waals surface area contributed by atoms with Gasteiger partial charge in [0.2, 0.25) is 5.91 Å². The molecule has 0 aromatic heterocycles. The topological polar surface area (TPSA) is 149 Å². The van der Waals surface area contributed by atoms with Crippen molar-refractivity contribution in [1.29, 1.82) is 0 Å². The molecule has 9 nitrogen and oxygen atoms in total. The Bertz CT molecular complexity index is 721. The highest BCUT2D eigenvalue weighted by molar-refractivity contribution is 5.76. The van der Waals surface area contributed by atoms with Crippen molar-refractivity contribution in [1.82, 2.24) is 5.32 Å². The molecule has 1 saturated heterocycles. The normalized spacial score (nSPS) is 23.4. The Hall–Kier alpha value is -1.07. The van der Waals surface area contributed by atoms with Crippen LogP contribution in [0.1, 0.15) is 155 Å². The van der Waals surface area contributed by atoms with E-state index in [4.69, 9.17) is 9.47 Å². The number of unbranched alkanes of at least 4 members (excludes halogenated alkanes) is 19. The summed E-state index contributed by atoms with van der Waals surface area (Å²) in [5.41, 5.74) is 0. The van der Waals surface area contributed by atoms with Crippen molar-refractivity contribution in [2.75, 3.05) is 13.2 Å². The molecule has 1 amide bonds. The van der Waals surface area contributed by atoms with Crippen molar-refractivity contribution >= 4 is 5.91 Å². The molecule has 0 radical (unpaired) electrons. The number of aliphatic hydroxyl groups excluding tert-OH is 5. The number of ether oxygens (including phenoxy) is 2. The summed E-state index contributed by atoms with van der Waals surface area (Å²) in [6.07, 6.45) is 21.1. The lowest BCUT2D eigenvalue weighted by atomic mass is 9.99. The van der Waals surface area contributed by atoms with Crippen LogP contribution in [-0.4, -0.2) is 87.5 Å². The summed E-state index contributed by atoms with van der Waals surface area (Å²) in [4.78, 5) is 12.8. The molecule has 0 saturated carbocycles. The van der Waals surface area contributed by atoms with Gasteiger partial charge < -0.3 is 40.3 Å². The molecule has 7 atom stereocenters. The number of rotatable bonds is 29. The van der Waals surface area contributed by atoms with Crippen LogP contribution in [0.4, 0.5) is 0 Å². The Kier molecular flexibility index (Phi) is 26.1. The first-order chi connectivity index (χ1) is 21.8. The molecule has 0 aromatic rings. The van der Waals surface area contributed by atoms with Crippen LogP contribution in [0.15, 0.2) is 12.2 Å². The van der Waals surface area contributed by atoms with Crippen LogP contribution in [0, 0.1) is 0 Å². The minimum absolute atomic E-state index is 0.181. The van der Waals surface area contributed by atoms with Crippen LogP contribution < -0.4 is 5.32 Å². The van der Waals surface area contributed by atoms with E-state index in [1.54, 1.807) is 6.08 Å². The van der Waals surface area contributed by atoms with Crippen molar-refractivity contribution < 1.29 is 39.8 Å². The van der Waals surface area contributed by atoms with Gasteiger partial charge in [0.05, 0.1) is 25.4 Å². The third-order valence-electron chi connectivity index (χ3n) is 8.86. The van der Waals surface area contributed by atoms with Gasteiger partial charge in [0.15, 0.2) is 6.29 Å². The molecule has 0 aliphatic carbocycles. The molecule has 45 heavy (non-hydrogen) atoms. The fourth-order valence-electron chi connectivity index (χ4n) is 5.80. The van der Waals surface area contributed by atoms with Gasteiger partial charge in [-0.2, -0.15) is 0 Å². The molecule has 9 heteroatoms. The lowest BCUT2D eigenvalue weighted by Crippen LogP contribution is -2.60. The molecule has 2 unspecified atom stereocenters. The highest BCUT2D eigenvalue weighted by Crippen LogP contribution is 2.22. The molecule has 0 aromatic carbocycles. The van der Waals surface area contributed by atoms with Crippen molar-refractivity contribution in [2.24, 2.45) is 0 Å². The van der Waals surface area contributed by atoms with Crippen molar-refractivity contribution in [3.05, 3.63) is 12.2 Å². The number of carbonyl (C=O) groups excluding carboxylic acids is 1. The lowest BCUT2D eigenvalue weighted by molar-refractivity contribution is -0.302. The fourth-order valence-corrected chi connectivity index (χ4v) is 5.80. The minimum Gasteiger partial charge on any atom is -0.394 e. The molecular weight excluding hydrogens is 574 g/mol. The van der Waals surface area contributed by atoms with Crippen LogP contribution >= 0.6 is 0 Å². The van der Waals surface area contributed by atoms with E-state index < -0.39 is 49.5 Å². The second-order valence-electron chi connectivity index (χ2n) is 13.0. The first-order valence-corrected chi connectivity index (χ1v) is 18.4. The SMILES string of the molecule is CCCCCCCCCCCC/C=C/[C@@H](O)[C@H](CO[C@@H]1O[C@H](CO)[C@@H](O)C(O)C1O)NC(=O)CCCCCCCCCCCC. The number of aliphatic hydroxyl groups is 5. The summed E-state index contributed by atoms with van der Waals surface area (Å²) in [7, 11) is 0. The first kappa shape index (κ1) is 42.0. The second-order valence-corrected chi connectivity index (χ2v) is 13.0. The highest BCUT2D eigenvalue weighted by Gasteiger charge is 2.44. The summed E-state index contributed by atoms with van der Waals surface area (Å²) in [5, 5.41) is 53.7. The fraction of sp³-hybridized carbons (Fsp3) is 0.917. The summed E-state index contributed by atoms with van der Waals surface area (Å²) >= 11 is 0. The number of carbonyl (C=O) groups is 1. The molecule has 1 aliphatic heterocycles. The summed E-state index contributed by atoms with van der Waals surface area (Å²) < 4.78 is 11.1. The van der Waals surface area contributed by atoms with Crippen LogP contribution in [0.5, 0.6) is 0 Å². The Labute approximate surface area is 274 Å². The maximum atomic E-state index is 12.8. The van der Waals surface area contributed by atoms with Gasteiger partial charge >= 0.3 is 0 Å². The van der Waals surface area contributed by atoms with E-state index in [0.29, 0.717) is 6.42 Å². The highest BCUT2D eigenvalue weighted by atomic mass is 16.7. The van der Waals surface area contributed by atoms with E-state index in [2.05, 4.69) is 19.2 Å². The number of allylic oxidation sites excluding steroid dienone is 1. The third-order valence-corrected chi connectivity index (χ3v) is 8.86. The Morgan fingerprint density at radius 1 is 0.733 bits per heavy atom. The predicted octanol–water partition coefficient (Wildman–Crippen LogP) is 5.83. The van der Waals surface area contributed by atoms with Gasteiger partial charge in [0.25, 0.3) is 0 Å². The summed E-state index contributed by atoms with van der Waals surface area (Å²) in [6.45, 7) is 3.72.